The largest absolute Gasteiger partial charge is 0.506 e. The van der Waals surface area contributed by atoms with Crippen LogP contribution >= 0.6 is 15.9 Å². The first-order chi connectivity index (χ1) is 46.1. The molecule has 3 saturated carbocycles. The van der Waals surface area contributed by atoms with E-state index in [4.69, 9.17) is 42.1 Å². The number of aryl methyl sites for hydroxylation is 3. The summed E-state index contributed by atoms with van der Waals surface area (Å²) < 4.78 is 59.1. The summed E-state index contributed by atoms with van der Waals surface area (Å²) in [6, 6.07) is 11.8. The van der Waals surface area contributed by atoms with E-state index in [1.807, 2.05) is 156 Å². The monoisotopic (exact) mass is 1420 g/mol. The van der Waals surface area contributed by atoms with E-state index in [0.29, 0.717) is 28.8 Å². The summed E-state index contributed by atoms with van der Waals surface area (Å²) in [7, 11) is 9.64. The zero-order chi connectivity index (χ0) is 71.3. The van der Waals surface area contributed by atoms with Gasteiger partial charge in [0.2, 0.25) is 0 Å². The fourth-order valence-electron chi connectivity index (χ4n) is 12.2. The first-order valence-electron chi connectivity index (χ1n) is 34.1. The van der Waals surface area contributed by atoms with Crippen molar-refractivity contribution in [3.05, 3.63) is 95.5 Å². The molecule has 3 aliphatic heterocycles. The average Bonchev–Trinajstić information content (AvgIpc) is 1.53. The molecule has 6 fully saturated rings. The Morgan fingerprint density at radius 2 is 0.755 bits per heavy atom. The topological polar surface area (TPSA) is 256 Å². The van der Waals surface area contributed by atoms with E-state index in [1.54, 1.807) is 65.3 Å². The Hall–Kier alpha value is -6.88. The molecule has 3 aliphatic carbocycles. The summed E-state index contributed by atoms with van der Waals surface area (Å²) >= 11 is 3.38. The van der Waals surface area contributed by atoms with Gasteiger partial charge in [-0.15, -0.1) is 0 Å². The SMILES string of the molecule is CC1(C)OB(B2OC(C)(C)C(C)(C)O2)OC1(C)C.CN(C(=O)OCc1c(-c2ccc(B3OC(C)(C)C(C)(C)O3)cn2)ncn1C)C1CCCC1.CN(C(=O)OCc1c(-c2ccc(Br)cn2)ncn1C)C1CCCC1.CN(C(=O)OCc1c(-c2ccc(O)cn2)ncn1C)C1CCCC1. The number of carbonyl (C=O) groups excluding carboxylic acids is 3. The number of hydrogen-bond acceptors (Lipinski definition) is 19. The van der Waals surface area contributed by atoms with Gasteiger partial charge in [0.05, 0.1) is 92.9 Å². The molecule has 12 rings (SSSR count). The molecule has 0 spiro atoms. The van der Waals surface area contributed by atoms with Crippen LogP contribution in [0.1, 0.15) is 177 Å². The molecule has 3 amide bonds. The number of aromatic hydroxyl groups is 1. The normalized spacial score (nSPS) is 19.6. The third-order valence-corrected chi connectivity index (χ3v) is 21.4. The summed E-state index contributed by atoms with van der Waals surface area (Å²) in [6.45, 7) is 24.8. The number of amides is 3. The zero-order valence-corrected chi connectivity index (χ0v) is 62.2. The molecular weight excluding hydrogens is 1320 g/mol. The molecular formula is C69H100B3BrN12O13. The van der Waals surface area contributed by atoms with Crippen LogP contribution in [-0.2, 0) is 83.1 Å². The molecule has 25 nitrogen and oxygen atoms in total. The number of rotatable bonds is 14. The molecule has 0 unspecified atom stereocenters. The second kappa shape index (κ2) is 30.9. The third-order valence-electron chi connectivity index (χ3n) is 20.9. The molecule has 0 aromatic carbocycles. The second-order valence-corrected chi connectivity index (χ2v) is 30.3. The van der Waals surface area contributed by atoms with Gasteiger partial charge in [-0.05, 0) is 168 Å². The van der Waals surface area contributed by atoms with Gasteiger partial charge in [0.25, 0.3) is 0 Å². The van der Waals surface area contributed by atoms with Gasteiger partial charge in [-0.2, -0.15) is 0 Å². The van der Waals surface area contributed by atoms with Gasteiger partial charge >= 0.3 is 39.4 Å². The predicted molar refractivity (Wildman–Crippen MR) is 377 cm³/mol. The number of pyridine rings is 3. The minimum Gasteiger partial charge on any atom is -0.506 e. The van der Waals surface area contributed by atoms with Crippen molar-refractivity contribution < 1.29 is 61.6 Å². The number of aromatic nitrogens is 9. The van der Waals surface area contributed by atoms with Gasteiger partial charge in [0, 0.05) is 82.7 Å². The summed E-state index contributed by atoms with van der Waals surface area (Å²) in [4.78, 5) is 68.6. The Morgan fingerprint density at radius 1 is 0.459 bits per heavy atom. The minimum atomic E-state index is -0.476. The lowest BCUT2D eigenvalue weighted by Crippen LogP contribution is -2.41. The maximum Gasteiger partial charge on any atom is 0.496 e. The number of imidazole rings is 3. The highest BCUT2D eigenvalue weighted by atomic mass is 79.9. The molecule has 1 N–H and O–H groups in total. The van der Waals surface area contributed by atoms with Crippen molar-refractivity contribution in [2.45, 2.75) is 232 Å². The second-order valence-electron chi connectivity index (χ2n) is 29.3. The number of ether oxygens (including phenoxy) is 3. The Kier molecular flexibility index (Phi) is 23.8. The lowest BCUT2D eigenvalue weighted by molar-refractivity contribution is 0.00578. The van der Waals surface area contributed by atoms with Crippen molar-refractivity contribution in [3.8, 4) is 39.9 Å². The van der Waals surface area contributed by atoms with Crippen LogP contribution in [-0.4, -0.2) is 176 Å². The fraction of sp³-hybridized carbons (Fsp3) is 0.609. The summed E-state index contributed by atoms with van der Waals surface area (Å²) in [5.41, 5.74) is 5.19. The van der Waals surface area contributed by atoms with Crippen LogP contribution in [0, 0.1) is 0 Å². The van der Waals surface area contributed by atoms with Crippen molar-refractivity contribution in [2.75, 3.05) is 21.1 Å². The molecule has 6 aromatic rings. The first kappa shape index (κ1) is 75.3. The first-order valence-corrected chi connectivity index (χ1v) is 34.9. The highest BCUT2D eigenvalue weighted by molar-refractivity contribution is 9.10. The fourth-order valence-corrected chi connectivity index (χ4v) is 12.5. The van der Waals surface area contributed by atoms with Gasteiger partial charge in [0.15, 0.2) is 0 Å². The number of carbonyl (C=O) groups is 3. The number of hydrogen-bond donors (Lipinski definition) is 1. The number of halogens is 1. The van der Waals surface area contributed by atoms with Crippen LogP contribution in [0.3, 0.4) is 0 Å². The van der Waals surface area contributed by atoms with E-state index in [2.05, 4.69) is 45.8 Å². The Labute approximate surface area is 587 Å². The molecule has 98 heavy (non-hydrogen) atoms. The van der Waals surface area contributed by atoms with Crippen molar-refractivity contribution >= 4 is 60.8 Å². The van der Waals surface area contributed by atoms with Crippen LogP contribution in [0.2, 0.25) is 0 Å². The summed E-state index contributed by atoms with van der Waals surface area (Å²) in [6.07, 6.45) is 22.4. The van der Waals surface area contributed by atoms with Gasteiger partial charge in [0.1, 0.15) is 42.7 Å². The quantitative estimate of drug-likeness (QED) is 0.0785. The Morgan fingerprint density at radius 3 is 1.04 bits per heavy atom. The standard InChI is InChI=1S/C23H33BN4O4.C17H21BrN4O2.C17H22N4O3.C12H24B2O4/c1-22(2)23(3,4)32-24(31-22)16-11-12-18(25-13-16)20-19(27(5)15-26-20)14-30-21(29)28(6)17-9-7-8-10-17;1-21-11-20-16(14-8-7-12(18)9-19-14)15(21)10-24-17(23)22(2)13-5-3-4-6-13;1-20-11-19-16(14-8-7-13(22)9-18-14)15(20)10-24-17(23)21(2)12-5-3-4-6-12;1-9(2)10(3,4)16-13(15-9)14-17-11(5,6)12(7,8)18-14/h11-13,15,17H,7-10,14H2,1-6H3;7-9,11,13H,3-6,10H2,1-2H3;7-9,11-12,22H,3-6,10H2,1-2H3;1-8H3. The van der Waals surface area contributed by atoms with Gasteiger partial charge < -0.3 is 75.6 Å². The summed E-state index contributed by atoms with van der Waals surface area (Å²) in [5, 5.41) is 9.36. The van der Waals surface area contributed by atoms with Gasteiger partial charge in [-0.3, -0.25) is 15.0 Å². The number of nitrogens with zero attached hydrogens (tertiary/aromatic N) is 12. The van der Waals surface area contributed by atoms with E-state index < -0.39 is 32.3 Å². The van der Waals surface area contributed by atoms with Crippen LogP contribution in [0.25, 0.3) is 34.2 Å². The van der Waals surface area contributed by atoms with Crippen LogP contribution < -0.4 is 5.46 Å². The minimum absolute atomic E-state index is 0.0980. The Balaban J connectivity index is 0.000000156. The third kappa shape index (κ3) is 17.5. The smallest absolute Gasteiger partial charge is 0.496 e. The molecule has 530 valence electrons. The van der Waals surface area contributed by atoms with Crippen molar-refractivity contribution in [1.82, 2.24) is 58.3 Å². The van der Waals surface area contributed by atoms with E-state index in [0.717, 1.165) is 76.9 Å². The maximum absolute atomic E-state index is 12.5. The zero-order valence-electron chi connectivity index (χ0n) is 60.6. The molecule has 6 aromatic heterocycles. The molecule has 3 saturated heterocycles. The molecule has 9 heterocycles. The van der Waals surface area contributed by atoms with Crippen molar-refractivity contribution in [1.29, 1.82) is 0 Å². The molecule has 0 bridgehead atoms. The highest BCUT2D eigenvalue weighted by Gasteiger charge is 2.64. The van der Waals surface area contributed by atoms with E-state index in [-0.39, 0.29) is 78.3 Å². The summed E-state index contributed by atoms with van der Waals surface area (Å²) in [5.74, 6) is 0.0980. The van der Waals surface area contributed by atoms with Crippen molar-refractivity contribution in [3.63, 3.8) is 0 Å². The van der Waals surface area contributed by atoms with Crippen LogP contribution in [0.4, 0.5) is 14.4 Å². The van der Waals surface area contributed by atoms with E-state index in [9.17, 15) is 19.5 Å². The lowest BCUT2D eigenvalue weighted by atomic mass is 9.49. The maximum atomic E-state index is 12.5. The van der Waals surface area contributed by atoms with Crippen LogP contribution in [0.5, 0.6) is 5.75 Å². The van der Waals surface area contributed by atoms with Gasteiger partial charge in [-0.1, -0.05) is 44.6 Å². The molecule has 0 atom stereocenters. The van der Waals surface area contributed by atoms with E-state index in [1.165, 1.54) is 44.7 Å². The average molecular weight is 1420 g/mol. The molecule has 6 aliphatic rings. The van der Waals surface area contributed by atoms with Crippen LogP contribution in [0.15, 0.2) is 78.4 Å². The molecule has 0 radical (unpaired) electrons. The highest BCUT2D eigenvalue weighted by Crippen LogP contribution is 2.43. The Bertz CT molecular complexity index is 3460. The van der Waals surface area contributed by atoms with Crippen molar-refractivity contribution in [2.24, 2.45) is 21.1 Å². The predicted octanol–water partition coefficient (Wildman–Crippen LogP) is 12.0. The lowest BCUT2D eigenvalue weighted by Gasteiger charge is -2.32. The van der Waals surface area contributed by atoms with Gasteiger partial charge in [-0.25, -0.2) is 29.3 Å². The molecule has 29 heteroatoms. The van der Waals surface area contributed by atoms with E-state index >= 15 is 0 Å².